The van der Waals surface area contributed by atoms with Gasteiger partial charge in [0.1, 0.15) is 0 Å². The Morgan fingerprint density at radius 2 is 2.03 bits per heavy atom. The van der Waals surface area contributed by atoms with Gasteiger partial charge in [-0.15, -0.1) is 0 Å². The van der Waals surface area contributed by atoms with Crippen molar-refractivity contribution >= 4 is 11.9 Å². The first-order chi connectivity index (χ1) is 16.3. The number of nitrogens with one attached hydrogen (secondary N) is 1. The smallest absolute Gasteiger partial charge is 0.308 e. The number of carbonyl (C=O) groups is 2. The van der Waals surface area contributed by atoms with Gasteiger partial charge in [0.05, 0.1) is 6.42 Å². The highest BCUT2D eigenvalue weighted by Gasteiger charge is 2.69. The zero-order valence-electron chi connectivity index (χ0n) is 20.0. The van der Waals surface area contributed by atoms with Gasteiger partial charge in [0.15, 0.2) is 11.9 Å². The maximum Gasteiger partial charge on any atom is 0.308 e. The molecule has 0 aromatic carbocycles. The van der Waals surface area contributed by atoms with Gasteiger partial charge < -0.3 is 19.5 Å². The molecular formula is C25H34N2O7. The molecule has 6 rings (SSSR count). The third-order valence-corrected chi connectivity index (χ3v) is 8.11. The van der Waals surface area contributed by atoms with Crippen LogP contribution in [0.1, 0.15) is 64.9 Å². The lowest BCUT2D eigenvalue weighted by atomic mass is 9.58. The fraction of sp³-hybridized carbons (Fsp3) is 0.720. The maximum absolute atomic E-state index is 12.6. The van der Waals surface area contributed by atoms with E-state index in [1.54, 1.807) is 12.4 Å². The van der Waals surface area contributed by atoms with Crippen LogP contribution < -0.4 is 5.32 Å². The Balaban J connectivity index is 1.20. The molecule has 0 radical (unpaired) electrons. The van der Waals surface area contributed by atoms with Gasteiger partial charge in [-0.1, -0.05) is 19.9 Å². The van der Waals surface area contributed by atoms with Crippen molar-refractivity contribution in [1.82, 2.24) is 10.3 Å². The molecule has 4 saturated heterocycles. The Morgan fingerprint density at radius 3 is 2.82 bits per heavy atom. The highest BCUT2D eigenvalue weighted by atomic mass is 17.3. The minimum Gasteiger partial charge on any atom is -0.435 e. The van der Waals surface area contributed by atoms with Crippen LogP contribution in [0, 0.1) is 23.7 Å². The zero-order chi connectivity index (χ0) is 23.9. The standard InChI is InChI=1S/C25H34N2O7/c1-15-6-7-19-16(2)22(31-23-25(19)18(15)10-11-24(3,32-23)33-34-25)30-21(29)9-8-20(28)27-14-17-5-4-12-26-13-17/h4-5,12-13,15-16,18-19,22-23H,6-11,14H2,1-3H3,(H,27,28)/t15-,16-,18+,19-,22-,23-,24-,25-/m1/s1. The molecule has 8 atom stereocenters. The van der Waals surface area contributed by atoms with E-state index in [1.165, 1.54) is 0 Å². The first-order valence-electron chi connectivity index (χ1n) is 12.4. The molecule has 34 heavy (non-hydrogen) atoms. The molecule has 1 aliphatic carbocycles. The van der Waals surface area contributed by atoms with Crippen molar-refractivity contribution in [1.29, 1.82) is 0 Å². The number of aromatic nitrogens is 1. The van der Waals surface area contributed by atoms with Crippen molar-refractivity contribution < 1.29 is 33.6 Å². The molecule has 5 aliphatic rings. The third kappa shape index (κ3) is 4.23. The summed E-state index contributed by atoms with van der Waals surface area (Å²) in [6, 6.07) is 3.69. The SMILES string of the molecule is C[C@H]1[C@H](OC(=O)CCC(=O)NCc2cccnc2)O[C@@H]2O[C@@]3(C)CC[C@H]4[C@H](C)CC[C@H]1[C@@]24OO3. The minimum atomic E-state index is -0.876. The molecule has 1 N–H and O–H groups in total. The van der Waals surface area contributed by atoms with Crippen molar-refractivity contribution in [2.45, 2.75) is 89.8 Å². The summed E-state index contributed by atoms with van der Waals surface area (Å²) in [4.78, 5) is 40.7. The lowest BCUT2D eigenvalue weighted by Crippen LogP contribution is -2.70. The molecule has 186 valence electrons. The quantitative estimate of drug-likeness (QED) is 0.495. The lowest BCUT2D eigenvalue weighted by molar-refractivity contribution is -0.576. The Morgan fingerprint density at radius 1 is 1.18 bits per heavy atom. The van der Waals surface area contributed by atoms with Gasteiger partial charge in [-0.2, -0.15) is 0 Å². The number of hydrogen-bond acceptors (Lipinski definition) is 8. The van der Waals surface area contributed by atoms with Crippen LogP contribution in [0.2, 0.25) is 0 Å². The van der Waals surface area contributed by atoms with E-state index < -0.39 is 29.9 Å². The van der Waals surface area contributed by atoms with Crippen molar-refractivity contribution in [3.8, 4) is 0 Å². The van der Waals surface area contributed by atoms with Gasteiger partial charge in [0, 0.05) is 43.6 Å². The Bertz CT molecular complexity index is 914. The van der Waals surface area contributed by atoms with E-state index in [-0.39, 0.29) is 36.5 Å². The minimum absolute atomic E-state index is 0.0240. The predicted octanol–water partition coefficient (Wildman–Crippen LogP) is 3.23. The van der Waals surface area contributed by atoms with Crippen LogP contribution in [0.4, 0.5) is 0 Å². The van der Waals surface area contributed by atoms with Crippen LogP contribution in [0.25, 0.3) is 0 Å². The summed E-state index contributed by atoms with van der Waals surface area (Å²) in [5.74, 6) is -0.856. The second-order valence-corrected chi connectivity index (χ2v) is 10.4. The van der Waals surface area contributed by atoms with Crippen molar-refractivity contribution in [3.05, 3.63) is 30.1 Å². The Kier molecular flexibility index (Phi) is 6.39. The predicted molar refractivity (Wildman–Crippen MR) is 118 cm³/mol. The van der Waals surface area contributed by atoms with Crippen LogP contribution in [0.5, 0.6) is 0 Å². The topological polar surface area (TPSA) is 105 Å². The second kappa shape index (κ2) is 9.18. The fourth-order valence-electron chi connectivity index (χ4n) is 6.20. The number of pyridine rings is 1. The van der Waals surface area contributed by atoms with E-state index in [0.29, 0.717) is 12.5 Å². The highest BCUT2D eigenvalue weighted by Crippen LogP contribution is 2.60. The molecule has 1 saturated carbocycles. The van der Waals surface area contributed by atoms with E-state index in [0.717, 1.165) is 31.2 Å². The first kappa shape index (κ1) is 23.7. The summed E-state index contributed by atoms with van der Waals surface area (Å²) in [7, 11) is 0. The van der Waals surface area contributed by atoms with Gasteiger partial charge in [-0.05, 0) is 49.7 Å². The fourth-order valence-corrected chi connectivity index (χ4v) is 6.20. The van der Waals surface area contributed by atoms with Gasteiger partial charge in [0.2, 0.25) is 18.0 Å². The Hall–Kier alpha value is -2.07. The largest absolute Gasteiger partial charge is 0.435 e. The third-order valence-electron chi connectivity index (χ3n) is 8.11. The first-order valence-corrected chi connectivity index (χ1v) is 12.4. The molecule has 2 bridgehead atoms. The number of carbonyl (C=O) groups excluding carboxylic acids is 2. The molecule has 1 aromatic heterocycles. The number of ether oxygens (including phenoxy) is 3. The maximum atomic E-state index is 12.6. The molecule has 1 amide bonds. The van der Waals surface area contributed by atoms with Gasteiger partial charge >= 0.3 is 5.97 Å². The van der Waals surface area contributed by atoms with Gasteiger partial charge in [-0.25, -0.2) is 9.78 Å². The molecule has 9 heteroatoms. The number of rotatable bonds is 6. The number of nitrogens with zero attached hydrogens (tertiary/aromatic N) is 1. The monoisotopic (exact) mass is 474 g/mol. The second-order valence-electron chi connectivity index (χ2n) is 10.4. The molecule has 1 spiro atoms. The van der Waals surface area contributed by atoms with Crippen LogP contribution in [0.15, 0.2) is 24.5 Å². The van der Waals surface area contributed by atoms with Crippen molar-refractivity contribution in [3.63, 3.8) is 0 Å². The lowest BCUT2D eigenvalue weighted by Gasteiger charge is -2.59. The number of amides is 1. The average molecular weight is 475 g/mol. The summed E-state index contributed by atoms with van der Waals surface area (Å²) >= 11 is 0. The molecule has 4 aliphatic heterocycles. The van der Waals surface area contributed by atoms with Crippen molar-refractivity contribution in [2.75, 3.05) is 0 Å². The molecular weight excluding hydrogens is 440 g/mol. The van der Waals surface area contributed by atoms with E-state index in [1.807, 2.05) is 26.0 Å². The van der Waals surface area contributed by atoms with Gasteiger partial charge in [0.25, 0.3) is 0 Å². The zero-order valence-corrected chi connectivity index (χ0v) is 20.0. The van der Waals surface area contributed by atoms with E-state index in [2.05, 4.69) is 17.2 Å². The summed E-state index contributed by atoms with van der Waals surface area (Å²) in [5.41, 5.74) is 0.205. The van der Waals surface area contributed by atoms with Crippen LogP contribution in [0.3, 0.4) is 0 Å². The number of esters is 1. The van der Waals surface area contributed by atoms with Gasteiger partial charge in [-0.3, -0.25) is 14.6 Å². The van der Waals surface area contributed by atoms with Crippen LogP contribution in [-0.4, -0.2) is 40.8 Å². The molecule has 0 unspecified atom stereocenters. The highest BCUT2D eigenvalue weighted by molar-refractivity contribution is 5.81. The summed E-state index contributed by atoms with van der Waals surface area (Å²) in [6.45, 7) is 6.52. The Labute approximate surface area is 199 Å². The number of fused-ring (bicyclic) bond motifs is 2. The summed E-state index contributed by atoms with van der Waals surface area (Å²) in [5, 5.41) is 2.80. The van der Waals surface area contributed by atoms with E-state index >= 15 is 0 Å². The number of hydrogen-bond donors (Lipinski definition) is 1. The molecule has 1 aromatic rings. The van der Waals surface area contributed by atoms with E-state index in [4.69, 9.17) is 24.0 Å². The summed E-state index contributed by atoms with van der Waals surface area (Å²) < 4.78 is 18.3. The van der Waals surface area contributed by atoms with Crippen LogP contribution in [-0.2, 0) is 40.1 Å². The summed E-state index contributed by atoms with van der Waals surface area (Å²) in [6.07, 6.45) is 5.64. The molecule has 5 heterocycles. The van der Waals surface area contributed by atoms with E-state index in [9.17, 15) is 9.59 Å². The molecule has 5 fully saturated rings. The molecule has 9 nitrogen and oxygen atoms in total. The normalized spacial score (nSPS) is 40.7. The van der Waals surface area contributed by atoms with Crippen molar-refractivity contribution in [2.24, 2.45) is 23.7 Å². The van der Waals surface area contributed by atoms with Crippen LogP contribution >= 0.6 is 0 Å². The average Bonchev–Trinajstić information content (AvgIpc) is 3.06.